The molecule has 1 heteroatoms. The fourth-order valence-corrected chi connectivity index (χ4v) is 2.36. The normalized spacial score (nSPS) is 25.7. The van der Waals surface area contributed by atoms with Crippen molar-refractivity contribution in [1.82, 2.24) is 0 Å². The van der Waals surface area contributed by atoms with E-state index in [0.717, 1.165) is 11.8 Å². The second-order valence-corrected chi connectivity index (χ2v) is 4.76. The first-order chi connectivity index (χ1) is 6.75. The maximum atomic E-state index is 3.31. The Labute approximate surface area is 119 Å². The summed E-state index contributed by atoms with van der Waals surface area (Å²) in [7, 11) is 0. The largest absolute Gasteiger partial charge is 0.180 e. The molecule has 0 nitrogen and oxygen atoms in total. The molecule has 2 rings (SSSR count). The van der Waals surface area contributed by atoms with Crippen LogP contribution in [0.3, 0.4) is 0 Å². The molecular weight excluding hydrogens is 257 g/mol. The average molecular weight is 276 g/mol. The van der Waals surface area contributed by atoms with Crippen LogP contribution in [0.1, 0.15) is 49.7 Å². The van der Waals surface area contributed by atoms with Gasteiger partial charge in [0.15, 0.2) is 0 Å². The van der Waals surface area contributed by atoms with Crippen molar-refractivity contribution in [3.8, 4) is 0 Å². The molecule has 0 spiro atoms. The van der Waals surface area contributed by atoms with Crippen LogP contribution in [0.5, 0.6) is 0 Å². The van der Waals surface area contributed by atoms with Gasteiger partial charge in [0.05, 0.1) is 0 Å². The number of aryl methyl sites for hydroxylation is 1. The van der Waals surface area contributed by atoms with Gasteiger partial charge in [0, 0.05) is 32.7 Å². The van der Waals surface area contributed by atoms with E-state index in [1.807, 2.05) is 0 Å². The minimum atomic E-state index is 0. The van der Waals surface area contributed by atoms with Gasteiger partial charge in [0.2, 0.25) is 0 Å². The quantitative estimate of drug-likeness (QED) is 0.678. The molecule has 1 aromatic carbocycles. The van der Waals surface area contributed by atoms with E-state index in [1.54, 1.807) is 0 Å². The van der Waals surface area contributed by atoms with Crippen molar-refractivity contribution in [3.63, 3.8) is 0 Å². The van der Waals surface area contributed by atoms with E-state index in [9.17, 15) is 0 Å². The van der Waals surface area contributed by atoms with Crippen LogP contribution < -0.4 is 0 Å². The summed E-state index contributed by atoms with van der Waals surface area (Å²) >= 11 is 0. The molecule has 0 aromatic heterocycles. The fourth-order valence-electron chi connectivity index (χ4n) is 2.36. The first kappa shape index (κ1) is 13.4. The van der Waals surface area contributed by atoms with Gasteiger partial charge in [-0.2, -0.15) is 35.4 Å². The van der Waals surface area contributed by atoms with Crippen molar-refractivity contribution in [3.05, 3.63) is 35.4 Å². The zero-order chi connectivity index (χ0) is 9.97. The van der Waals surface area contributed by atoms with Gasteiger partial charge in [-0.25, -0.2) is 0 Å². The average Bonchev–Trinajstić information content (AvgIpc) is 2.21. The Hall–Kier alpha value is 0.324. The number of rotatable bonds is 1. The summed E-state index contributed by atoms with van der Waals surface area (Å²) in [5.74, 6) is 1.75. The summed E-state index contributed by atoms with van der Waals surface area (Å²) in [4.78, 5) is 0. The molecule has 1 saturated carbocycles. The zero-order valence-corrected chi connectivity index (χ0v) is 12.6. The van der Waals surface area contributed by atoms with Crippen molar-refractivity contribution in [2.75, 3.05) is 0 Å². The SMILES string of the molecule is Cc1[c-]cc(C2CCC(C)CC2)cc1.[Y]. The molecule has 0 atom stereocenters. The molecule has 0 unspecified atom stereocenters. The second kappa shape index (κ2) is 6.16. The van der Waals surface area contributed by atoms with Crippen LogP contribution >= 0.6 is 0 Å². The van der Waals surface area contributed by atoms with Crippen molar-refractivity contribution in [2.24, 2.45) is 5.92 Å². The van der Waals surface area contributed by atoms with Gasteiger partial charge in [0.1, 0.15) is 0 Å². The van der Waals surface area contributed by atoms with Crippen LogP contribution in [-0.4, -0.2) is 0 Å². The zero-order valence-electron chi connectivity index (χ0n) is 9.79. The molecule has 15 heavy (non-hydrogen) atoms. The van der Waals surface area contributed by atoms with Gasteiger partial charge >= 0.3 is 0 Å². The standard InChI is InChI=1S/C14H19.Y/c1-11-3-7-13(8-4-11)14-9-5-12(2)6-10-14;/h3,7-8,12,14H,5-6,9-10H2,1-2H3;/q-1;. The summed E-state index contributed by atoms with van der Waals surface area (Å²) in [5.41, 5.74) is 2.75. The molecule has 1 aromatic rings. The van der Waals surface area contributed by atoms with Gasteiger partial charge in [-0.15, -0.1) is 0 Å². The monoisotopic (exact) mass is 276 g/mol. The van der Waals surface area contributed by atoms with Crippen molar-refractivity contribution in [1.29, 1.82) is 0 Å². The van der Waals surface area contributed by atoms with Gasteiger partial charge in [-0.3, -0.25) is 0 Å². The van der Waals surface area contributed by atoms with Crippen molar-refractivity contribution in [2.45, 2.75) is 45.4 Å². The molecule has 1 fully saturated rings. The third-order valence-corrected chi connectivity index (χ3v) is 3.48. The van der Waals surface area contributed by atoms with E-state index in [-0.39, 0.29) is 32.7 Å². The molecule has 1 aliphatic carbocycles. The molecule has 1 radical (unpaired) electrons. The Bertz CT molecular complexity index is 281. The molecule has 0 heterocycles. The molecule has 0 bridgehead atoms. The third-order valence-electron chi connectivity index (χ3n) is 3.48. The maximum absolute atomic E-state index is 3.31. The van der Waals surface area contributed by atoms with Crippen LogP contribution in [0, 0.1) is 18.9 Å². The van der Waals surface area contributed by atoms with Gasteiger partial charge < -0.3 is 0 Å². The first-order valence-electron chi connectivity index (χ1n) is 5.74. The molecule has 1 aliphatic rings. The minimum Gasteiger partial charge on any atom is -0.180 e. The number of benzene rings is 1. The molecular formula is C14H19Y-. The molecule has 79 valence electrons. The van der Waals surface area contributed by atoms with Crippen LogP contribution in [-0.2, 0) is 32.7 Å². The predicted molar refractivity (Wildman–Crippen MR) is 60.4 cm³/mol. The van der Waals surface area contributed by atoms with Crippen LogP contribution in [0.4, 0.5) is 0 Å². The summed E-state index contributed by atoms with van der Waals surface area (Å²) in [5, 5.41) is 0. The molecule has 0 amide bonds. The molecule has 0 N–H and O–H groups in total. The summed E-state index contributed by atoms with van der Waals surface area (Å²) in [6.07, 6.45) is 5.55. The summed E-state index contributed by atoms with van der Waals surface area (Å²) < 4.78 is 0. The predicted octanol–water partition coefficient (Wildman–Crippen LogP) is 4.09. The van der Waals surface area contributed by atoms with Gasteiger partial charge in [-0.05, 0) is 5.92 Å². The Morgan fingerprint density at radius 1 is 1.13 bits per heavy atom. The van der Waals surface area contributed by atoms with Gasteiger partial charge in [0.25, 0.3) is 0 Å². The van der Waals surface area contributed by atoms with Crippen LogP contribution in [0.25, 0.3) is 0 Å². The number of hydrogen-bond donors (Lipinski definition) is 0. The Morgan fingerprint density at radius 3 is 2.33 bits per heavy atom. The Balaban J connectivity index is 0.00000112. The van der Waals surface area contributed by atoms with E-state index in [1.165, 1.54) is 36.8 Å². The fraction of sp³-hybridized carbons (Fsp3) is 0.571. The molecule has 0 aliphatic heterocycles. The topological polar surface area (TPSA) is 0 Å². The van der Waals surface area contributed by atoms with Crippen LogP contribution in [0.15, 0.2) is 18.2 Å². The van der Waals surface area contributed by atoms with Crippen LogP contribution in [0.2, 0.25) is 0 Å². The number of hydrogen-bond acceptors (Lipinski definition) is 0. The second-order valence-electron chi connectivity index (χ2n) is 4.76. The van der Waals surface area contributed by atoms with E-state index < -0.39 is 0 Å². The summed E-state index contributed by atoms with van der Waals surface area (Å²) in [6, 6.07) is 9.97. The maximum Gasteiger partial charge on any atom is 0 e. The van der Waals surface area contributed by atoms with E-state index >= 15 is 0 Å². The Kier molecular flexibility index (Phi) is 5.50. The summed E-state index contributed by atoms with van der Waals surface area (Å²) in [6.45, 7) is 4.48. The van der Waals surface area contributed by atoms with Crippen molar-refractivity contribution >= 4 is 0 Å². The molecule has 0 saturated heterocycles. The minimum absolute atomic E-state index is 0. The van der Waals surface area contributed by atoms with Gasteiger partial charge in [-0.1, -0.05) is 45.4 Å². The van der Waals surface area contributed by atoms with E-state index in [2.05, 4.69) is 38.1 Å². The van der Waals surface area contributed by atoms with Crippen molar-refractivity contribution < 1.29 is 32.7 Å². The third kappa shape index (κ3) is 3.68. The van der Waals surface area contributed by atoms with E-state index in [0.29, 0.717) is 0 Å². The first-order valence-corrected chi connectivity index (χ1v) is 5.74. The smallest absolute Gasteiger partial charge is 0 e. The Morgan fingerprint density at radius 2 is 1.80 bits per heavy atom. The van der Waals surface area contributed by atoms with E-state index in [4.69, 9.17) is 0 Å².